The molecule has 0 aromatic heterocycles. The van der Waals surface area contributed by atoms with Crippen molar-refractivity contribution in [1.82, 2.24) is 0 Å². The van der Waals surface area contributed by atoms with Crippen LogP contribution >= 0.6 is 0 Å². The second-order valence-electron chi connectivity index (χ2n) is 2.60. The molecule has 2 rings (SSSR count). The van der Waals surface area contributed by atoms with Crippen LogP contribution < -0.4 is 5.48 Å². The third-order valence-corrected chi connectivity index (χ3v) is 1.75. The van der Waals surface area contributed by atoms with E-state index in [0.717, 1.165) is 11.3 Å². The van der Waals surface area contributed by atoms with Gasteiger partial charge < -0.3 is 9.57 Å². The third kappa shape index (κ3) is 1.33. The van der Waals surface area contributed by atoms with Gasteiger partial charge in [0.25, 0.3) is 0 Å². The predicted molar refractivity (Wildman–Crippen MR) is 48.2 cm³/mol. The Bertz CT molecular complexity index is 373. The Labute approximate surface area is 74.7 Å². The van der Waals surface area contributed by atoms with Crippen LogP contribution in [0.2, 0.25) is 0 Å². The number of benzene rings is 1. The lowest BCUT2D eigenvalue weighted by Crippen LogP contribution is -2.23. The highest BCUT2D eigenvalue weighted by Gasteiger charge is 2.20. The average Bonchev–Trinajstić information content (AvgIpc) is 2.17. The molecule has 0 radical (unpaired) electrons. The van der Waals surface area contributed by atoms with Crippen molar-refractivity contribution in [2.45, 2.75) is 0 Å². The first-order valence-electron chi connectivity index (χ1n) is 3.77. The minimum absolute atomic E-state index is 0.761. The molecule has 0 spiro atoms. The molecule has 4 nitrogen and oxygen atoms in total. The van der Waals surface area contributed by atoms with Gasteiger partial charge >= 0.3 is 6.16 Å². The topological polar surface area (TPSA) is 52.0 Å². The van der Waals surface area contributed by atoms with Crippen LogP contribution in [0.25, 0.3) is 6.08 Å². The zero-order chi connectivity index (χ0) is 9.26. The van der Waals surface area contributed by atoms with Gasteiger partial charge in [-0.3, -0.25) is 0 Å². The number of rotatable bonds is 0. The molecule has 0 saturated carbocycles. The maximum Gasteiger partial charge on any atom is 0.756 e. The Balaban J connectivity index is 2.34. The molecule has 1 aliphatic heterocycles. The first-order chi connectivity index (χ1) is 6.27. The molecule has 1 aliphatic rings. The Morgan fingerprint density at radius 1 is 1.38 bits per heavy atom. The highest BCUT2D eigenvalue weighted by molar-refractivity contribution is 5.72. The summed E-state index contributed by atoms with van der Waals surface area (Å²) in [5, 5.41) is 8.64. The monoisotopic (exact) mass is 178 g/mol. The van der Waals surface area contributed by atoms with Crippen molar-refractivity contribution in [1.29, 1.82) is 0 Å². The van der Waals surface area contributed by atoms with Gasteiger partial charge in [0.15, 0.2) is 0 Å². The number of hydrogen-bond acceptors (Lipinski definition) is 2. The number of anilines is 1. The van der Waals surface area contributed by atoms with Gasteiger partial charge in [0.05, 0.1) is 5.69 Å². The molecule has 4 heteroatoms. The van der Waals surface area contributed by atoms with Crippen LogP contribution in [0.1, 0.15) is 5.56 Å². The number of para-hydroxylation sites is 1. The smallest absolute Gasteiger partial charge is 0.383 e. The van der Waals surface area contributed by atoms with Crippen LogP contribution in [0.5, 0.6) is 0 Å². The number of carbonyl (C=O) groups is 1. The van der Waals surface area contributed by atoms with Gasteiger partial charge in [0, 0.05) is 10.4 Å². The van der Waals surface area contributed by atoms with Gasteiger partial charge in [-0.25, -0.2) is 5.48 Å². The van der Waals surface area contributed by atoms with Crippen molar-refractivity contribution < 1.29 is 14.4 Å². The lowest BCUT2D eigenvalue weighted by atomic mass is 10.2. The van der Waals surface area contributed by atoms with Gasteiger partial charge in [-0.2, -0.15) is 0 Å². The van der Waals surface area contributed by atoms with E-state index in [4.69, 9.17) is 5.11 Å². The molecule has 1 aromatic carbocycles. The van der Waals surface area contributed by atoms with E-state index < -0.39 is 6.16 Å². The second-order valence-corrected chi connectivity index (χ2v) is 2.60. The largest absolute Gasteiger partial charge is 0.756 e. The van der Waals surface area contributed by atoms with Gasteiger partial charge in [-0.1, -0.05) is 18.2 Å². The third-order valence-electron chi connectivity index (χ3n) is 1.75. The highest BCUT2D eigenvalue weighted by Crippen LogP contribution is 2.23. The molecule has 1 aromatic rings. The fraction of sp³-hybridized carbons (Fsp3) is 0. The molecular weight excluding hydrogens is 170 g/mol. The first kappa shape index (κ1) is 7.67. The Morgan fingerprint density at radius 3 is 2.92 bits per heavy atom. The van der Waals surface area contributed by atoms with E-state index in [-0.39, 0.29) is 0 Å². The summed E-state index contributed by atoms with van der Waals surface area (Å²) in [5.74, 6) is 0. The van der Waals surface area contributed by atoms with Crippen LogP contribution in [-0.2, 0) is 4.47 Å². The van der Waals surface area contributed by atoms with E-state index in [9.17, 15) is 4.79 Å². The fourth-order valence-electron chi connectivity index (χ4n) is 1.13. The molecular formula is C9H8NO3+. The Hall–Kier alpha value is -1.97. The average molecular weight is 178 g/mol. The Kier molecular flexibility index (Phi) is 1.66. The van der Waals surface area contributed by atoms with Crippen molar-refractivity contribution in [2.24, 2.45) is 0 Å². The first-order valence-corrected chi connectivity index (χ1v) is 3.77. The lowest BCUT2D eigenvalue weighted by molar-refractivity contribution is 0.0110. The summed E-state index contributed by atoms with van der Waals surface area (Å²) >= 11 is 0. The summed E-state index contributed by atoms with van der Waals surface area (Å²) in [4.78, 5) is 10.5. The normalized spacial score (nSPS) is 13.4. The van der Waals surface area contributed by atoms with Gasteiger partial charge in [0.1, 0.15) is 6.26 Å². The molecule has 66 valence electrons. The number of hydrogen-bond donors (Lipinski definition) is 2. The number of fused-ring (bicyclic) bond motifs is 1. The van der Waals surface area contributed by atoms with Crippen LogP contribution in [0.4, 0.5) is 10.5 Å². The molecule has 13 heavy (non-hydrogen) atoms. The predicted octanol–water partition coefficient (Wildman–Crippen LogP) is 2.23. The maximum absolute atomic E-state index is 10.5. The SMILES string of the molecule is O=C(O)[O+]1C=Cc2ccccc2N1. The molecule has 2 N–H and O–H groups in total. The minimum Gasteiger partial charge on any atom is -0.383 e. The van der Waals surface area contributed by atoms with E-state index in [2.05, 4.69) is 5.48 Å². The summed E-state index contributed by atoms with van der Waals surface area (Å²) in [6.45, 7) is 0. The summed E-state index contributed by atoms with van der Waals surface area (Å²) in [6, 6.07) is 7.44. The van der Waals surface area contributed by atoms with E-state index in [0.29, 0.717) is 0 Å². The van der Waals surface area contributed by atoms with Crippen LogP contribution in [0.3, 0.4) is 0 Å². The van der Waals surface area contributed by atoms with Crippen molar-refractivity contribution in [2.75, 3.05) is 5.48 Å². The Morgan fingerprint density at radius 2 is 2.15 bits per heavy atom. The van der Waals surface area contributed by atoms with Crippen molar-refractivity contribution >= 4 is 17.9 Å². The van der Waals surface area contributed by atoms with Gasteiger partial charge in [-0.15, -0.1) is 0 Å². The van der Waals surface area contributed by atoms with Crippen LogP contribution in [0, 0.1) is 0 Å². The lowest BCUT2D eigenvalue weighted by Gasteiger charge is -2.21. The molecule has 0 aliphatic carbocycles. The molecule has 0 atom stereocenters. The van der Waals surface area contributed by atoms with E-state index in [1.807, 2.05) is 28.7 Å². The maximum atomic E-state index is 10.5. The molecule has 1 heterocycles. The van der Waals surface area contributed by atoms with Crippen molar-refractivity contribution in [3.05, 3.63) is 36.1 Å². The van der Waals surface area contributed by atoms with Crippen molar-refractivity contribution in [3.8, 4) is 0 Å². The van der Waals surface area contributed by atoms with E-state index >= 15 is 0 Å². The molecule has 0 saturated heterocycles. The number of nitrogens with one attached hydrogen (secondary N) is 1. The standard InChI is InChI=1S/C9H7NO3/c11-9(12)13-6-5-7-3-1-2-4-8(7)10-13/h1-6,10H/p+1. The quantitative estimate of drug-likeness (QED) is 0.473. The van der Waals surface area contributed by atoms with Crippen LogP contribution in [-0.4, -0.2) is 11.3 Å². The van der Waals surface area contributed by atoms with Gasteiger partial charge in [-0.05, 0) is 12.1 Å². The molecule has 0 fully saturated rings. The van der Waals surface area contributed by atoms with E-state index in [1.165, 1.54) is 6.26 Å². The summed E-state index contributed by atoms with van der Waals surface area (Å²) in [7, 11) is 0. The molecule has 0 unspecified atom stereocenters. The molecule has 0 amide bonds. The fourth-order valence-corrected chi connectivity index (χ4v) is 1.13. The minimum atomic E-state index is -1.11. The zero-order valence-corrected chi connectivity index (χ0v) is 6.73. The van der Waals surface area contributed by atoms with E-state index in [1.54, 1.807) is 6.08 Å². The highest BCUT2D eigenvalue weighted by atomic mass is 16.9. The molecule has 0 bridgehead atoms. The summed E-state index contributed by atoms with van der Waals surface area (Å²) in [5.41, 5.74) is 4.39. The zero-order valence-electron chi connectivity index (χ0n) is 6.73. The number of carboxylic acid groups (broad SMARTS) is 1. The van der Waals surface area contributed by atoms with Gasteiger partial charge in [0.2, 0.25) is 0 Å². The second kappa shape index (κ2) is 2.82. The van der Waals surface area contributed by atoms with Crippen LogP contribution in [0.15, 0.2) is 30.5 Å². The summed E-state index contributed by atoms with van der Waals surface area (Å²) in [6.07, 6.45) is 2.00. The van der Waals surface area contributed by atoms with Crippen molar-refractivity contribution in [3.63, 3.8) is 0 Å². The summed E-state index contributed by atoms with van der Waals surface area (Å²) < 4.78 is 1.83.